The normalized spacial score (nSPS) is 19.7. The highest BCUT2D eigenvalue weighted by molar-refractivity contribution is 7.09. The maximum Gasteiger partial charge on any atom is 0.220 e. The van der Waals surface area contributed by atoms with Crippen LogP contribution in [0.15, 0.2) is 47.8 Å². The van der Waals surface area contributed by atoms with Crippen molar-refractivity contribution < 1.29 is 4.79 Å². The highest BCUT2D eigenvalue weighted by Gasteiger charge is 2.29. The number of carbonyl (C=O) groups is 1. The molecule has 3 rings (SSSR count). The maximum atomic E-state index is 11.9. The van der Waals surface area contributed by atoms with Gasteiger partial charge < -0.3 is 4.90 Å². The minimum atomic E-state index is 0.164. The minimum Gasteiger partial charge on any atom is -0.333 e. The van der Waals surface area contributed by atoms with Crippen LogP contribution in [0.4, 0.5) is 0 Å². The second-order valence-corrected chi connectivity index (χ2v) is 6.49. The van der Waals surface area contributed by atoms with Crippen LogP contribution in [0.1, 0.15) is 23.4 Å². The molecule has 0 unspecified atom stereocenters. The van der Waals surface area contributed by atoms with E-state index in [1.54, 1.807) is 18.3 Å². The van der Waals surface area contributed by atoms with Crippen LogP contribution in [-0.4, -0.2) is 35.3 Å². The zero-order chi connectivity index (χ0) is 14.7. The van der Waals surface area contributed by atoms with Gasteiger partial charge in [0, 0.05) is 38.0 Å². The Hall–Kier alpha value is -1.65. The van der Waals surface area contributed by atoms with Gasteiger partial charge in [-0.15, -0.1) is 11.3 Å². The van der Waals surface area contributed by atoms with E-state index in [1.807, 2.05) is 23.1 Å². The largest absolute Gasteiger partial charge is 0.333 e. The fourth-order valence-electron chi connectivity index (χ4n) is 2.94. The van der Waals surface area contributed by atoms with Gasteiger partial charge in [0.1, 0.15) is 0 Å². The third kappa shape index (κ3) is 3.34. The lowest BCUT2D eigenvalue weighted by Gasteiger charge is -2.41. The molecule has 2 aromatic rings. The van der Waals surface area contributed by atoms with Crippen LogP contribution < -0.4 is 0 Å². The Morgan fingerprint density at radius 1 is 1.19 bits per heavy atom. The number of rotatable bonds is 3. The van der Waals surface area contributed by atoms with Gasteiger partial charge in [0.15, 0.2) is 0 Å². The van der Waals surface area contributed by atoms with Crippen LogP contribution in [0.5, 0.6) is 0 Å². The van der Waals surface area contributed by atoms with Crippen LogP contribution in [0.3, 0.4) is 0 Å². The summed E-state index contributed by atoms with van der Waals surface area (Å²) < 4.78 is 0. The van der Waals surface area contributed by atoms with Crippen molar-refractivity contribution in [3.8, 4) is 0 Å². The summed E-state index contributed by atoms with van der Waals surface area (Å²) in [6.45, 7) is 5.31. The van der Waals surface area contributed by atoms with Gasteiger partial charge in [0.2, 0.25) is 5.91 Å². The molecule has 1 aliphatic heterocycles. The van der Waals surface area contributed by atoms with Crippen molar-refractivity contribution in [2.24, 2.45) is 0 Å². The number of amides is 1. The average molecular weight is 300 g/mol. The molecule has 0 bridgehead atoms. The van der Waals surface area contributed by atoms with Gasteiger partial charge in [-0.1, -0.05) is 36.4 Å². The summed E-state index contributed by atoms with van der Waals surface area (Å²) in [6, 6.07) is 14.8. The molecule has 4 heteroatoms. The van der Waals surface area contributed by atoms with Crippen molar-refractivity contribution in [1.29, 1.82) is 0 Å². The molecule has 1 aromatic carbocycles. The Kier molecular flexibility index (Phi) is 4.36. The number of hydrogen-bond acceptors (Lipinski definition) is 3. The summed E-state index contributed by atoms with van der Waals surface area (Å²) in [5, 5.41) is 2.12. The Labute approximate surface area is 129 Å². The molecule has 1 atom stereocenters. The van der Waals surface area contributed by atoms with E-state index in [0.717, 1.165) is 26.2 Å². The molecule has 0 spiro atoms. The number of thiophene rings is 1. The van der Waals surface area contributed by atoms with Gasteiger partial charge in [-0.05, 0) is 17.0 Å². The third-order valence-electron chi connectivity index (χ3n) is 4.01. The number of hydrogen-bond donors (Lipinski definition) is 0. The van der Waals surface area contributed by atoms with Gasteiger partial charge in [0.25, 0.3) is 0 Å². The van der Waals surface area contributed by atoms with Crippen LogP contribution >= 0.6 is 11.3 Å². The summed E-state index contributed by atoms with van der Waals surface area (Å²) in [4.78, 5) is 17.8. The van der Waals surface area contributed by atoms with Gasteiger partial charge in [-0.3, -0.25) is 9.69 Å². The summed E-state index contributed by atoms with van der Waals surface area (Å²) in [5.41, 5.74) is 1.23. The van der Waals surface area contributed by atoms with E-state index >= 15 is 0 Å². The second kappa shape index (κ2) is 6.41. The summed E-state index contributed by atoms with van der Waals surface area (Å²) in [6.07, 6.45) is 0. The molecule has 110 valence electrons. The van der Waals surface area contributed by atoms with Crippen molar-refractivity contribution in [1.82, 2.24) is 9.80 Å². The summed E-state index contributed by atoms with van der Waals surface area (Å²) in [5.74, 6) is 0.166. The zero-order valence-corrected chi connectivity index (χ0v) is 13.1. The molecule has 1 aromatic heterocycles. The maximum absolute atomic E-state index is 11.9. The molecule has 21 heavy (non-hydrogen) atoms. The van der Waals surface area contributed by atoms with Gasteiger partial charge in [-0.25, -0.2) is 0 Å². The lowest BCUT2D eigenvalue weighted by atomic mass is 10.0. The molecule has 0 N–H and O–H groups in total. The van der Waals surface area contributed by atoms with E-state index in [4.69, 9.17) is 0 Å². The minimum absolute atomic E-state index is 0.164. The van der Waals surface area contributed by atoms with E-state index in [1.165, 1.54) is 10.4 Å². The molecule has 1 amide bonds. The van der Waals surface area contributed by atoms with Crippen LogP contribution in [0, 0.1) is 0 Å². The summed E-state index contributed by atoms with van der Waals surface area (Å²) in [7, 11) is 0. The van der Waals surface area contributed by atoms with Crippen molar-refractivity contribution in [2.75, 3.05) is 19.6 Å². The van der Waals surface area contributed by atoms with Crippen molar-refractivity contribution >= 4 is 17.2 Å². The van der Waals surface area contributed by atoms with E-state index in [9.17, 15) is 4.79 Å². The topological polar surface area (TPSA) is 23.6 Å². The van der Waals surface area contributed by atoms with Crippen molar-refractivity contribution in [3.05, 3.63) is 58.3 Å². The van der Waals surface area contributed by atoms with E-state index in [-0.39, 0.29) is 11.9 Å². The fourth-order valence-corrected chi connectivity index (χ4v) is 3.69. The first-order chi connectivity index (χ1) is 10.2. The van der Waals surface area contributed by atoms with E-state index in [2.05, 4.69) is 34.5 Å². The van der Waals surface area contributed by atoms with E-state index in [0.29, 0.717) is 0 Å². The number of piperazine rings is 1. The first-order valence-electron chi connectivity index (χ1n) is 7.31. The standard InChI is InChI=1S/C17H20N2OS/c1-14(20)19-10-9-18(12-16-8-5-11-21-16)13-17(19)15-6-3-2-4-7-15/h2-8,11,17H,9-10,12-13H2,1H3/t17-/m0/s1. The number of carbonyl (C=O) groups excluding carboxylic acids is 1. The first kappa shape index (κ1) is 14.3. The molecule has 3 nitrogen and oxygen atoms in total. The zero-order valence-electron chi connectivity index (χ0n) is 12.2. The summed E-state index contributed by atoms with van der Waals surface area (Å²) >= 11 is 1.80. The monoisotopic (exact) mass is 300 g/mol. The lowest BCUT2D eigenvalue weighted by Crippen LogP contribution is -2.49. The van der Waals surface area contributed by atoms with Crippen molar-refractivity contribution in [3.63, 3.8) is 0 Å². The quantitative estimate of drug-likeness (QED) is 0.869. The predicted octanol–water partition coefficient (Wildman–Crippen LogP) is 3.15. The Bertz CT molecular complexity index is 582. The van der Waals surface area contributed by atoms with Gasteiger partial charge >= 0.3 is 0 Å². The Morgan fingerprint density at radius 3 is 2.67 bits per heavy atom. The third-order valence-corrected chi connectivity index (χ3v) is 4.87. The molecule has 0 radical (unpaired) electrons. The molecule has 1 aliphatic rings. The second-order valence-electron chi connectivity index (χ2n) is 5.45. The van der Waals surface area contributed by atoms with Crippen LogP contribution in [0.2, 0.25) is 0 Å². The van der Waals surface area contributed by atoms with Gasteiger partial charge in [0.05, 0.1) is 6.04 Å². The van der Waals surface area contributed by atoms with E-state index < -0.39 is 0 Å². The molecular formula is C17H20N2OS. The van der Waals surface area contributed by atoms with Crippen LogP contribution in [-0.2, 0) is 11.3 Å². The fraction of sp³-hybridized carbons (Fsp3) is 0.353. The lowest BCUT2D eigenvalue weighted by molar-refractivity contribution is -0.134. The number of benzene rings is 1. The Balaban J connectivity index is 1.77. The van der Waals surface area contributed by atoms with Gasteiger partial charge in [-0.2, -0.15) is 0 Å². The first-order valence-corrected chi connectivity index (χ1v) is 8.19. The molecule has 1 fully saturated rings. The molecule has 0 aliphatic carbocycles. The van der Waals surface area contributed by atoms with Crippen LogP contribution in [0.25, 0.3) is 0 Å². The highest BCUT2D eigenvalue weighted by Crippen LogP contribution is 2.26. The van der Waals surface area contributed by atoms with Crippen molar-refractivity contribution in [2.45, 2.75) is 19.5 Å². The average Bonchev–Trinajstić information content (AvgIpc) is 3.01. The number of nitrogens with zero attached hydrogens (tertiary/aromatic N) is 2. The highest BCUT2D eigenvalue weighted by atomic mass is 32.1. The predicted molar refractivity (Wildman–Crippen MR) is 86.2 cm³/mol. The molecule has 2 heterocycles. The molecule has 1 saturated heterocycles. The SMILES string of the molecule is CC(=O)N1CCN(Cc2cccs2)C[C@H]1c1ccccc1. The molecule has 0 saturated carbocycles. The smallest absolute Gasteiger partial charge is 0.220 e. The Morgan fingerprint density at radius 2 is 2.00 bits per heavy atom. The molecular weight excluding hydrogens is 280 g/mol.